The van der Waals surface area contributed by atoms with Gasteiger partial charge in [-0.25, -0.2) is 4.39 Å². The Morgan fingerprint density at radius 1 is 1.57 bits per heavy atom. The lowest BCUT2D eigenvalue weighted by atomic mass is 10.1. The molecular formula is C10H13FN2O. The fraction of sp³-hybridized carbons (Fsp3) is 0.300. The zero-order valence-corrected chi connectivity index (χ0v) is 8.17. The summed E-state index contributed by atoms with van der Waals surface area (Å²) < 4.78 is 13.1. The fourth-order valence-electron chi connectivity index (χ4n) is 1.07. The Balaban J connectivity index is 2.87. The van der Waals surface area contributed by atoms with E-state index >= 15 is 0 Å². The van der Waals surface area contributed by atoms with E-state index in [1.165, 1.54) is 6.07 Å². The second-order valence-electron chi connectivity index (χ2n) is 3.18. The minimum Gasteiger partial charge on any atom is -0.374 e. The van der Waals surface area contributed by atoms with Gasteiger partial charge in [0.15, 0.2) is 0 Å². The highest BCUT2D eigenvalue weighted by Crippen LogP contribution is 2.17. The third-order valence-corrected chi connectivity index (χ3v) is 2.07. The van der Waals surface area contributed by atoms with Crippen molar-refractivity contribution in [3.05, 3.63) is 29.6 Å². The number of anilines is 1. The molecule has 1 rings (SSSR count). The van der Waals surface area contributed by atoms with E-state index < -0.39 is 11.9 Å². The number of rotatable bonds is 3. The number of carbonyl (C=O) groups excluding carboxylic acids is 1. The number of benzene rings is 1. The highest BCUT2D eigenvalue weighted by Gasteiger charge is 2.10. The van der Waals surface area contributed by atoms with E-state index in [9.17, 15) is 9.18 Å². The minimum atomic E-state index is -0.504. The van der Waals surface area contributed by atoms with Gasteiger partial charge in [-0.15, -0.1) is 0 Å². The van der Waals surface area contributed by atoms with Gasteiger partial charge < -0.3 is 11.1 Å². The molecule has 0 aliphatic rings. The van der Waals surface area contributed by atoms with Crippen molar-refractivity contribution < 1.29 is 9.18 Å². The molecule has 0 radical (unpaired) electrons. The molecule has 0 saturated heterocycles. The predicted octanol–water partition coefficient (Wildman–Crippen LogP) is 1.42. The molecule has 76 valence electrons. The van der Waals surface area contributed by atoms with Crippen molar-refractivity contribution in [3.8, 4) is 0 Å². The van der Waals surface area contributed by atoms with E-state index in [0.717, 1.165) is 0 Å². The Morgan fingerprint density at radius 2 is 2.21 bits per heavy atom. The first-order valence-corrected chi connectivity index (χ1v) is 4.33. The molecule has 0 aliphatic heterocycles. The van der Waals surface area contributed by atoms with Gasteiger partial charge in [0.25, 0.3) is 0 Å². The van der Waals surface area contributed by atoms with Crippen molar-refractivity contribution in [1.82, 2.24) is 0 Å². The molecule has 3 nitrogen and oxygen atoms in total. The van der Waals surface area contributed by atoms with Crippen molar-refractivity contribution in [2.24, 2.45) is 5.73 Å². The van der Waals surface area contributed by atoms with Crippen molar-refractivity contribution >= 4 is 11.6 Å². The van der Waals surface area contributed by atoms with E-state index in [4.69, 9.17) is 5.73 Å². The van der Waals surface area contributed by atoms with Crippen LogP contribution in [0.4, 0.5) is 10.1 Å². The molecule has 0 bridgehead atoms. The third kappa shape index (κ3) is 2.22. The molecule has 0 aliphatic carbocycles. The predicted molar refractivity (Wildman–Crippen MR) is 53.4 cm³/mol. The summed E-state index contributed by atoms with van der Waals surface area (Å²) in [5.74, 6) is -0.764. The molecule has 1 aromatic carbocycles. The van der Waals surface area contributed by atoms with E-state index in [1.54, 1.807) is 26.0 Å². The standard InChI is InChI=1S/C10H13FN2O/c1-6-8(11)4-3-5-9(6)13-7(2)10(12)14/h3-5,7,13H,1-2H3,(H2,12,14). The number of hydrogen-bond acceptors (Lipinski definition) is 2. The summed E-state index contributed by atoms with van der Waals surface area (Å²) >= 11 is 0. The molecule has 1 unspecified atom stereocenters. The molecule has 0 spiro atoms. The van der Waals surface area contributed by atoms with Crippen LogP contribution in [0.1, 0.15) is 12.5 Å². The minimum absolute atomic E-state index is 0.299. The molecule has 14 heavy (non-hydrogen) atoms. The maximum Gasteiger partial charge on any atom is 0.239 e. The number of nitrogens with one attached hydrogen (secondary N) is 1. The van der Waals surface area contributed by atoms with Crippen LogP contribution in [0.5, 0.6) is 0 Å². The van der Waals surface area contributed by atoms with Crippen LogP contribution >= 0.6 is 0 Å². The summed E-state index contributed by atoms with van der Waals surface area (Å²) in [6, 6.07) is 4.15. The Labute approximate surface area is 82.1 Å². The van der Waals surface area contributed by atoms with Gasteiger partial charge in [-0.3, -0.25) is 4.79 Å². The smallest absolute Gasteiger partial charge is 0.239 e. The molecule has 1 atom stereocenters. The number of carbonyl (C=O) groups is 1. The molecule has 0 fully saturated rings. The third-order valence-electron chi connectivity index (χ3n) is 2.07. The maximum absolute atomic E-state index is 13.1. The Hall–Kier alpha value is -1.58. The SMILES string of the molecule is Cc1c(F)cccc1NC(C)C(N)=O. The van der Waals surface area contributed by atoms with Gasteiger partial charge >= 0.3 is 0 Å². The van der Waals surface area contributed by atoms with Crippen LogP contribution in [0.2, 0.25) is 0 Å². The highest BCUT2D eigenvalue weighted by atomic mass is 19.1. The largest absolute Gasteiger partial charge is 0.374 e. The molecule has 1 amide bonds. The lowest BCUT2D eigenvalue weighted by Gasteiger charge is -2.13. The maximum atomic E-state index is 13.1. The summed E-state index contributed by atoms with van der Waals surface area (Å²) in [5, 5.41) is 2.84. The molecule has 0 aromatic heterocycles. The summed E-state index contributed by atoms with van der Waals surface area (Å²) in [4.78, 5) is 10.8. The summed E-state index contributed by atoms with van der Waals surface area (Å²) in [6.07, 6.45) is 0. The van der Waals surface area contributed by atoms with E-state index in [-0.39, 0.29) is 5.82 Å². The number of hydrogen-bond donors (Lipinski definition) is 2. The zero-order chi connectivity index (χ0) is 10.7. The van der Waals surface area contributed by atoms with Crippen LogP contribution in [0.15, 0.2) is 18.2 Å². The second-order valence-corrected chi connectivity index (χ2v) is 3.18. The second kappa shape index (κ2) is 4.09. The van der Waals surface area contributed by atoms with Crippen LogP contribution in [0.3, 0.4) is 0 Å². The van der Waals surface area contributed by atoms with Crippen LogP contribution < -0.4 is 11.1 Å². The average molecular weight is 196 g/mol. The summed E-state index contributed by atoms with van der Waals surface area (Å²) in [5.41, 5.74) is 6.16. The molecule has 0 saturated carbocycles. The molecule has 1 aromatic rings. The molecule has 3 N–H and O–H groups in total. The molecular weight excluding hydrogens is 183 g/mol. The Bertz CT molecular complexity index is 352. The molecule has 0 heterocycles. The van der Waals surface area contributed by atoms with Crippen LogP contribution in [-0.4, -0.2) is 11.9 Å². The van der Waals surface area contributed by atoms with Gasteiger partial charge in [-0.2, -0.15) is 0 Å². The first-order chi connectivity index (χ1) is 6.52. The van der Waals surface area contributed by atoms with Gasteiger partial charge in [0.2, 0.25) is 5.91 Å². The normalized spacial score (nSPS) is 12.2. The van der Waals surface area contributed by atoms with Gasteiger partial charge in [-0.1, -0.05) is 6.07 Å². The highest BCUT2D eigenvalue weighted by molar-refractivity contribution is 5.82. The number of halogens is 1. The van der Waals surface area contributed by atoms with E-state index in [0.29, 0.717) is 11.3 Å². The summed E-state index contributed by atoms with van der Waals surface area (Å²) in [7, 11) is 0. The first kappa shape index (κ1) is 10.5. The lowest BCUT2D eigenvalue weighted by Crippen LogP contribution is -2.32. The van der Waals surface area contributed by atoms with Gasteiger partial charge in [0.1, 0.15) is 11.9 Å². The van der Waals surface area contributed by atoms with Crippen LogP contribution in [0.25, 0.3) is 0 Å². The van der Waals surface area contributed by atoms with Crippen molar-refractivity contribution in [2.45, 2.75) is 19.9 Å². The zero-order valence-electron chi connectivity index (χ0n) is 8.17. The number of nitrogens with two attached hydrogens (primary N) is 1. The van der Waals surface area contributed by atoms with Gasteiger partial charge in [-0.05, 0) is 26.0 Å². The van der Waals surface area contributed by atoms with E-state index in [1.807, 2.05) is 0 Å². The Morgan fingerprint density at radius 3 is 2.79 bits per heavy atom. The fourth-order valence-corrected chi connectivity index (χ4v) is 1.07. The van der Waals surface area contributed by atoms with E-state index in [2.05, 4.69) is 5.32 Å². The van der Waals surface area contributed by atoms with Gasteiger partial charge in [0.05, 0.1) is 0 Å². The van der Waals surface area contributed by atoms with Crippen LogP contribution in [-0.2, 0) is 4.79 Å². The summed E-state index contributed by atoms with van der Waals surface area (Å²) in [6.45, 7) is 3.28. The average Bonchev–Trinajstić information content (AvgIpc) is 2.12. The first-order valence-electron chi connectivity index (χ1n) is 4.33. The number of amides is 1. The molecule has 4 heteroatoms. The van der Waals surface area contributed by atoms with Crippen LogP contribution in [0, 0.1) is 12.7 Å². The van der Waals surface area contributed by atoms with Gasteiger partial charge in [0, 0.05) is 11.3 Å². The lowest BCUT2D eigenvalue weighted by molar-refractivity contribution is -0.118. The van der Waals surface area contributed by atoms with Crippen molar-refractivity contribution in [2.75, 3.05) is 5.32 Å². The quantitative estimate of drug-likeness (QED) is 0.768. The number of primary amides is 1. The monoisotopic (exact) mass is 196 g/mol. The Kier molecular flexibility index (Phi) is 3.06. The van der Waals surface area contributed by atoms with Crippen molar-refractivity contribution in [1.29, 1.82) is 0 Å². The van der Waals surface area contributed by atoms with Crippen molar-refractivity contribution in [3.63, 3.8) is 0 Å². The topological polar surface area (TPSA) is 55.1 Å².